The van der Waals surface area contributed by atoms with E-state index in [1.54, 1.807) is 6.20 Å². The fraction of sp³-hybridized carbons (Fsp3) is 0.0333. The van der Waals surface area contributed by atoms with E-state index >= 15 is 0 Å². The first kappa shape index (κ1) is 26.0. The maximum Gasteiger partial charge on any atom is 0.291 e. The van der Waals surface area contributed by atoms with Gasteiger partial charge in [-0.2, -0.15) is 10.9 Å². The van der Waals surface area contributed by atoms with Crippen molar-refractivity contribution in [3.63, 3.8) is 0 Å². The van der Waals surface area contributed by atoms with Crippen LogP contribution in [0.25, 0.3) is 11.3 Å². The number of aryl methyl sites for hydroxylation is 1. The predicted octanol–water partition coefficient (Wildman–Crippen LogP) is 4.50. The summed E-state index contributed by atoms with van der Waals surface area (Å²) >= 11 is 0. The molecule has 7 heteroatoms. The third kappa shape index (κ3) is 5.53. The molecule has 0 saturated heterocycles. The van der Waals surface area contributed by atoms with Gasteiger partial charge in [0.2, 0.25) is 0 Å². The van der Waals surface area contributed by atoms with Gasteiger partial charge < -0.3 is 14.1 Å². The molecule has 37 heavy (non-hydrogen) atoms. The summed E-state index contributed by atoms with van der Waals surface area (Å²) in [4.78, 5) is 4.22. The number of benzene rings is 3. The summed E-state index contributed by atoms with van der Waals surface area (Å²) in [5, 5.41) is 4.64. The van der Waals surface area contributed by atoms with E-state index in [2.05, 4.69) is 97.0 Å². The fourth-order valence-electron chi connectivity index (χ4n) is 4.69. The van der Waals surface area contributed by atoms with Crippen molar-refractivity contribution in [2.45, 2.75) is 0 Å². The largest absolute Gasteiger partial charge is 0.412 e. The summed E-state index contributed by atoms with van der Waals surface area (Å²) in [5.41, 5.74) is 4.43. The van der Waals surface area contributed by atoms with Crippen LogP contribution in [0.3, 0.4) is 0 Å². The Morgan fingerprint density at radius 3 is 1.89 bits per heavy atom. The average Bonchev–Trinajstić information content (AvgIpc) is 3.65. The molecule has 1 radical (unpaired) electrons. The van der Waals surface area contributed by atoms with Crippen molar-refractivity contribution < 1.29 is 20.1 Å². The molecule has 5 nitrogen and oxygen atoms in total. The van der Waals surface area contributed by atoms with Gasteiger partial charge in [0.15, 0.2) is 6.20 Å². The second-order valence-electron chi connectivity index (χ2n) is 8.60. The summed E-state index contributed by atoms with van der Waals surface area (Å²) in [6.07, 6.45) is 10.5. The van der Waals surface area contributed by atoms with Gasteiger partial charge in [-0.1, -0.05) is 72.8 Å². The minimum absolute atomic E-state index is 0. The molecule has 0 aliphatic rings. The number of hydrogen-bond acceptors (Lipinski definition) is 2. The van der Waals surface area contributed by atoms with Crippen LogP contribution in [0.4, 0.5) is 0 Å². The molecule has 3 aromatic heterocycles. The number of rotatable bonds is 5. The Kier molecular flexibility index (Phi) is 8.62. The molecule has 6 aromatic rings. The Morgan fingerprint density at radius 1 is 0.703 bits per heavy atom. The van der Waals surface area contributed by atoms with E-state index in [-0.39, 0.29) is 20.1 Å². The predicted molar refractivity (Wildman–Crippen MR) is 147 cm³/mol. The average molecular weight is 661 g/mol. The standard InChI is InChI=1S/C19H19BN4.C11H8N.Ir/c1-22-15-16-23(17-22)20(24-14-8-13-21-24,18-9-4-2-5-10-18)19-11-6-3-7-12-19;1-2-6-10(7-3-1)11-8-4-5-9-12-11;/h2-17H,1H3;1-6,8-9H;/q;-1;. The van der Waals surface area contributed by atoms with Crippen molar-refractivity contribution in [3.05, 3.63) is 153 Å². The van der Waals surface area contributed by atoms with Gasteiger partial charge in [-0.3, -0.25) is 0 Å². The monoisotopic (exact) mass is 661 g/mol. The van der Waals surface area contributed by atoms with Crippen LogP contribution in [0.2, 0.25) is 0 Å². The van der Waals surface area contributed by atoms with Crippen LogP contribution in [0.1, 0.15) is 0 Å². The molecule has 6 rings (SSSR count). The summed E-state index contributed by atoms with van der Waals surface area (Å²) in [7, 11) is 2.04. The number of hydrogen-bond donors (Lipinski definition) is 0. The molecule has 0 fully saturated rings. The van der Waals surface area contributed by atoms with Crippen LogP contribution in [0, 0.1) is 6.07 Å². The topological polar surface area (TPSA) is 40.6 Å². The zero-order chi connectivity index (χ0) is 24.6. The maximum absolute atomic E-state index is 4.64. The fourth-order valence-corrected chi connectivity index (χ4v) is 4.69. The second-order valence-corrected chi connectivity index (χ2v) is 8.60. The molecular weight excluding hydrogens is 633 g/mol. The molecule has 185 valence electrons. The summed E-state index contributed by atoms with van der Waals surface area (Å²) in [5.74, 6) is 0. The molecule has 0 N–H and O–H groups in total. The first-order valence-corrected chi connectivity index (χ1v) is 12.0. The van der Waals surface area contributed by atoms with Gasteiger partial charge in [0, 0.05) is 39.5 Å². The number of imidazole rings is 1. The minimum Gasteiger partial charge on any atom is -0.412 e. The molecule has 0 unspecified atom stereocenters. The Balaban J connectivity index is 0.000000208. The van der Waals surface area contributed by atoms with Gasteiger partial charge in [0.1, 0.15) is 12.5 Å². The van der Waals surface area contributed by atoms with E-state index in [1.165, 1.54) is 10.9 Å². The van der Waals surface area contributed by atoms with Crippen molar-refractivity contribution in [1.82, 2.24) is 23.7 Å². The zero-order valence-corrected chi connectivity index (χ0v) is 22.9. The second kappa shape index (κ2) is 12.3. The smallest absolute Gasteiger partial charge is 0.291 e. The van der Waals surface area contributed by atoms with Gasteiger partial charge in [-0.05, 0) is 24.0 Å². The summed E-state index contributed by atoms with van der Waals surface area (Å²) in [6.45, 7) is 0. The van der Waals surface area contributed by atoms with Crippen molar-refractivity contribution >= 4 is 17.3 Å². The summed E-state index contributed by atoms with van der Waals surface area (Å²) < 4.78 is 6.40. The normalized spacial score (nSPS) is 10.6. The van der Waals surface area contributed by atoms with Gasteiger partial charge in [0.05, 0.1) is 0 Å². The van der Waals surface area contributed by atoms with Gasteiger partial charge in [0.25, 0.3) is 6.42 Å². The van der Waals surface area contributed by atoms with Gasteiger partial charge in [-0.15, -0.1) is 35.9 Å². The molecule has 0 amide bonds. The van der Waals surface area contributed by atoms with Crippen LogP contribution < -0.4 is 10.9 Å². The van der Waals surface area contributed by atoms with Crippen molar-refractivity contribution in [2.75, 3.05) is 0 Å². The SMILES string of the molecule is Cn1ccn([B-](c2ccccc2)(c2ccccc2)n2cccn2)[cH+]1.[Ir].[c-]1ccccc1-c1ccccn1. The molecule has 0 aliphatic heterocycles. The molecule has 3 aromatic carbocycles. The third-order valence-corrected chi connectivity index (χ3v) is 6.31. The first-order chi connectivity index (χ1) is 17.8. The van der Waals surface area contributed by atoms with E-state index in [0.717, 1.165) is 11.3 Å². The van der Waals surface area contributed by atoms with E-state index in [0.29, 0.717) is 0 Å². The molecule has 0 spiro atoms. The molecule has 0 saturated carbocycles. The molecule has 3 heterocycles. The number of nitrogens with zero attached hydrogens (tertiary/aromatic N) is 5. The van der Waals surface area contributed by atoms with E-state index < -0.39 is 6.42 Å². The third-order valence-electron chi connectivity index (χ3n) is 6.31. The Hall–Kier alpha value is -4.06. The number of pyridine rings is 1. The molecule has 0 atom stereocenters. The molecule has 0 aliphatic carbocycles. The van der Waals surface area contributed by atoms with E-state index in [9.17, 15) is 0 Å². The minimum atomic E-state index is -1.45. The molecular formula is C30H27BIrN5-. The van der Waals surface area contributed by atoms with Gasteiger partial charge >= 0.3 is 0 Å². The van der Waals surface area contributed by atoms with Crippen LogP contribution >= 0.6 is 0 Å². The Labute approximate surface area is 231 Å². The van der Waals surface area contributed by atoms with Crippen LogP contribution in [-0.4, -0.2) is 30.1 Å². The van der Waals surface area contributed by atoms with E-state index in [4.69, 9.17) is 0 Å². The van der Waals surface area contributed by atoms with Crippen LogP contribution in [0.5, 0.6) is 0 Å². The van der Waals surface area contributed by atoms with Crippen molar-refractivity contribution in [2.24, 2.45) is 7.05 Å². The van der Waals surface area contributed by atoms with Gasteiger partial charge in [-0.25, -0.2) is 9.67 Å². The quantitative estimate of drug-likeness (QED) is 0.202. The molecule has 0 bridgehead atoms. The van der Waals surface area contributed by atoms with Crippen molar-refractivity contribution in [3.8, 4) is 11.3 Å². The van der Waals surface area contributed by atoms with Crippen molar-refractivity contribution in [1.29, 1.82) is 0 Å². The van der Waals surface area contributed by atoms with Crippen LogP contribution in [-0.2, 0) is 27.2 Å². The summed E-state index contributed by atoms with van der Waals surface area (Å²) in [6, 6.07) is 39.9. The van der Waals surface area contributed by atoms with Crippen LogP contribution in [0.15, 0.2) is 147 Å². The Morgan fingerprint density at radius 2 is 1.38 bits per heavy atom. The Bertz CT molecular complexity index is 1400. The first-order valence-electron chi connectivity index (χ1n) is 12.0. The maximum atomic E-state index is 4.64. The van der Waals surface area contributed by atoms with E-state index in [1.807, 2.05) is 80.1 Å². The zero-order valence-electron chi connectivity index (χ0n) is 20.5. The number of aromatic nitrogens is 5.